The summed E-state index contributed by atoms with van der Waals surface area (Å²) in [6.07, 6.45) is 2.53. The third-order valence-corrected chi connectivity index (χ3v) is 4.86. The molecule has 1 N–H and O–H groups in total. The first-order valence-electron chi connectivity index (χ1n) is 7.64. The molecule has 0 spiro atoms. The van der Waals surface area contributed by atoms with E-state index in [-0.39, 0.29) is 0 Å². The topological polar surface area (TPSA) is 54.2 Å². The number of hydrogen-bond acceptors (Lipinski definition) is 6. The predicted octanol–water partition coefficient (Wildman–Crippen LogP) is 2.62. The van der Waals surface area contributed by atoms with Crippen molar-refractivity contribution in [3.63, 3.8) is 0 Å². The Bertz CT molecular complexity index is 534. The Labute approximate surface area is 129 Å². The van der Waals surface area contributed by atoms with Gasteiger partial charge in [0.1, 0.15) is 0 Å². The number of nitrogens with one attached hydrogen (secondary N) is 1. The normalized spacial score (nSPS) is 16.7. The maximum atomic E-state index is 5.40. The van der Waals surface area contributed by atoms with Crippen molar-refractivity contribution in [2.75, 3.05) is 26.2 Å². The van der Waals surface area contributed by atoms with Gasteiger partial charge in [0.05, 0.1) is 11.4 Å². The van der Waals surface area contributed by atoms with Crippen LogP contribution < -0.4 is 5.32 Å². The van der Waals surface area contributed by atoms with E-state index in [1.54, 1.807) is 11.3 Å². The lowest BCUT2D eigenvalue weighted by Gasteiger charge is -2.28. The quantitative estimate of drug-likeness (QED) is 0.889. The standard InChI is InChI=1S/C15H22N4OS/c1-2-19(10-12-5-7-16-8-6-12)11-14-17-15(18-20-14)13-4-3-9-21-13/h3-4,9,12,16H,2,5-8,10-11H2,1H3. The van der Waals surface area contributed by atoms with Gasteiger partial charge in [0.25, 0.3) is 0 Å². The molecule has 5 nitrogen and oxygen atoms in total. The van der Waals surface area contributed by atoms with Crippen LogP contribution in [-0.2, 0) is 6.54 Å². The molecule has 1 fully saturated rings. The van der Waals surface area contributed by atoms with Gasteiger partial charge in [0, 0.05) is 6.54 Å². The Balaban J connectivity index is 1.58. The first-order valence-corrected chi connectivity index (χ1v) is 8.52. The first-order chi connectivity index (χ1) is 10.3. The van der Waals surface area contributed by atoms with Crippen molar-refractivity contribution in [1.82, 2.24) is 20.4 Å². The molecule has 21 heavy (non-hydrogen) atoms. The molecule has 0 aromatic carbocycles. The van der Waals surface area contributed by atoms with E-state index in [9.17, 15) is 0 Å². The van der Waals surface area contributed by atoms with Gasteiger partial charge in [-0.25, -0.2) is 0 Å². The number of thiophene rings is 1. The van der Waals surface area contributed by atoms with Crippen molar-refractivity contribution in [3.05, 3.63) is 23.4 Å². The number of hydrogen-bond donors (Lipinski definition) is 1. The SMILES string of the molecule is CCN(Cc1nc(-c2cccs2)no1)CC1CCNCC1. The fourth-order valence-corrected chi connectivity index (χ4v) is 3.40. The molecule has 2 aromatic rings. The number of aromatic nitrogens is 2. The van der Waals surface area contributed by atoms with E-state index < -0.39 is 0 Å². The first kappa shape index (κ1) is 14.7. The third-order valence-electron chi connectivity index (χ3n) is 3.99. The second-order valence-corrected chi connectivity index (χ2v) is 6.46. The summed E-state index contributed by atoms with van der Waals surface area (Å²) in [6.45, 7) is 7.36. The van der Waals surface area contributed by atoms with Crippen molar-refractivity contribution in [1.29, 1.82) is 0 Å². The summed E-state index contributed by atoms with van der Waals surface area (Å²) in [6, 6.07) is 4.03. The molecule has 1 aliphatic rings. The molecule has 114 valence electrons. The highest BCUT2D eigenvalue weighted by Gasteiger charge is 2.18. The van der Waals surface area contributed by atoms with E-state index in [1.807, 2.05) is 17.5 Å². The summed E-state index contributed by atoms with van der Waals surface area (Å²) in [5.74, 6) is 2.21. The molecule has 3 rings (SSSR count). The zero-order valence-electron chi connectivity index (χ0n) is 12.4. The van der Waals surface area contributed by atoms with Gasteiger partial charge in [-0.1, -0.05) is 18.1 Å². The summed E-state index contributed by atoms with van der Waals surface area (Å²) in [5.41, 5.74) is 0. The molecule has 6 heteroatoms. The van der Waals surface area contributed by atoms with Gasteiger partial charge < -0.3 is 9.84 Å². The molecule has 0 unspecified atom stereocenters. The molecular formula is C15H22N4OS. The molecule has 2 aromatic heterocycles. The van der Waals surface area contributed by atoms with Gasteiger partial charge >= 0.3 is 0 Å². The molecule has 0 saturated carbocycles. The van der Waals surface area contributed by atoms with Crippen LogP contribution in [0.4, 0.5) is 0 Å². The van der Waals surface area contributed by atoms with Crippen LogP contribution in [0, 0.1) is 5.92 Å². The minimum atomic E-state index is 0.706. The Morgan fingerprint density at radius 1 is 1.43 bits per heavy atom. The fraction of sp³-hybridized carbons (Fsp3) is 0.600. The smallest absolute Gasteiger partial charge is 0.241 e. The number of piperidine rings is 1. The van der Waals surface area contributed by atoms with Gasteiger partial charge in [0.2, 0.25) is 11.7 Å². The highest BCUT2D eigenvalue weighted by molar-refractivity contribution is 7.13. The third kappa shape index (κ3) is 3.90. The lowest BCUT2D eigenvalue weighted by Crippen LogP contribution is -2.36. The van der Waals surface area contributed by atoms with Gasteiger partial charge in [-0.05, 0) is 49.8 Å². The van der Waals surface area contributed by atoms with Crippen LogP contribution in [0.2, 0.25) is 0 Å². The van der Waals surface area contributed by atoms with Gasteiger partial charge in [-0.15, -0.1) is 11.3 Å². The second-order valence-electron chi connectivity index (χ2n) is 5.51. The van der Waals surface area contributed by atoms with E-state index in [0.717, 1.165) is 43.5 Å². The highest BCUT2D eigenvalue weighted by Crippen LogP contribution is 2.22. The molecule has 1 aliphatic heterocycles. The molecule has 0 aliphatic carbocycles. The minimum absolute atomic E-state index is 0.706. The second kappa shape index (κ2) is 7.15. The molecular weight excluding hydrogens is 284 g/mol. The van der Waals surface area contributed by atoms with Crippen LogP contribution in [0.5, 0.6) is 0 Å². The summed E-state index contributed by atoms with van der Waals surface area (Å²) in [4.78, 5) is 7.98. The Hall–Kier alpha value is -1.24. The van der Waals surface area contributed by atoms with Crippen LogP contribution >= 0.6 is 11.3 Å². The van der Waals surface area contributed by atoms with Crippen molar-refractivity contribution >= 4 is 11.3 Å². The molecule has 3 heterocycles. The average molecular weight is 306 g/mol. The van der Waals surface area contributed by atoms with Crippen molar-refractivity contribution in [2.24, 2.45) is 5.92 Å². The van der Waals surface area contributed by atoms with E-state index in [1.165, 1.54) is 12.8 Å². The molecule has 0 amide bonds. The number of nitrogens with zero attached hydrogens (tertiary/aromatic N) is 3. The van der Waals surface area contributed by atoms with E-state index in [2.05, 4.69) is 27.3 Å². The van der Waals surface area contributed by atoms with Gasteiger partial charge in [0.15, 0.2) is 0 Å². The summed E-state index contributed by atoms with van der Waals surface area (Å²) in [7, 11) is 0. The van der Waals surface area contributed by atoms with Crippen LogP contribution in [0.25, 0.3) is 10.7 Å². The Kier molecular flexibility index (Phi) is 5.00. The highest BCUT2D eigenvalue weighted by atomic mass is 32.1. The number of rotatable bonds is 6. The lowest BCUT2D eigenvalue weighted by atomic mass is 9.97. The monoisotopic (exact) mass is 306 g/mol. The maximum Gasteiger partial charge on any atom is 0.241 e. The zero-order valence-corrected chi connectivity index (χ0v) is 13.2. The largest absolute Gasteiger partial charge is 0.338 e. The molecule has 1 saturated heterocycles. The van der Waals surface area contributed by atoms with Gasteiger partial charge in [-0.3, -0.25) is 4.90 Å². The van der Waals surface area contributed by atoms with Crippen LogP contribution in [-0.4, -0.2) is 41.2 Å². The Morgan fingerprint density at radius 3 is 3.00 bits per heavy atom. The van der Waals surface area contributed by atoms with E-state index >= 15 is 0 Å². The molecule has 0 bridgehead atoms. The summed E-state index contributed by atoms with van der Waals surface area (Å²) >= 11 is 1.64. The van der Waals surface area contributed by atoms with Crippen molar-refractivity contribution in [2.45, 2.75) is 26.3 Å². The maximum absolute atomic E-state index is 5.40. The minimum Gasteiger partial charge on any atom is -0.338 e. The lowest BCUT2D eigenvalue weighted by molar-refractivity contribution is 0.185. The van der Waals surface area contributed by atoms with Crippen LogP contribution in [0.3, 0.4) is 0 Å². The van der Waals surface area contributed by atoms with Crippen LogP contribution in [0.1, 0.15) is 25.7 Å². The van der Waals surface area contributed by atoms with Crippen molar-refractivity contribution < 1.29 is 4.52 Å². The summed E-state index contributed by atoms with van der Waals surface area (Å²) in [5, 5.41) is 9.53. The predicted molar refractivity (Wildman–Crippen MR) is 84.2 cm³/mol. The zero-order chi connectivity index (χ0) is 14.5. The average Bonchev–Trinajstić information content (AvgIpc) is 3.18. The Morgan fingerprint density at radius 2 is 2.29 bits per heavy atom. The molecule has 0 radical (unpaired) electrons. The molecule has 0 atom stereocenters. The van der Waals surface area contributed by atoms with E-state index in [4.69, 9.17) is 4.52 Å². The van der Waals surface area contributed by atoms with Crippen molar-refractivity contribution in [3.8, 4) is 10.7 Å². The van der Waals surface area contributed by atoms with Crippen LogP contribution in [0.15, 0.2) is 22.0 Å². The van der Waals surface area contributed by atoms with Gasteiger partial charge in [-0.2, -0.15) is 4.98 Å². The fourth-order valence-electron chi connectivity index (χ4n) is 2.75. The summed E-state index contributed by atoms with van der Waals surface area (Å²) < 4.78 is 5.40. The van der Waals surface area contributed by atoms with E-state index in [0.29, 0.717) is 11.7 Å².